The summed E-state index contributed by atoms with van der Waals surface area (Å²) in [6.07, 6.45) is 1.89. The minimum absolute atomic E-state index is 0.578. The highest BCUT2D eigenvalue weighted by atomic mass is 79.9. The first-order chi connectivity index (χ1) is 5.24. The average molecular weight is 252 g/mol. The van der Waals surface area contributed by atoms with Crippen LogP contribution in [0.1, 0.15) is 5.56 Å². The zero-order chi connectivity index (χ0) is 8.27. The van der Waals surface area contributed by atoms with Gasteiger partial charge in [-0.25, -0.2) is 0 Å². The van der Waals surface area contributed by atoms with E-state index in [1.807, 2.05) is 18.2 Å². The molecule has 0 N–H and O–H groups in total. The van der Waals surface area contributed by atoms with E-state index in [0.29, 0.717) is 10.0 Å². The van der Waals surface area contributed by atoms with Crippen LogP contribution in [-0.4, -0.2) is 0 Å². The molecule has 3 heteroatoms. The summed E-state index contributed by atoms with van der Waals surface area (Å²) >= 11 is 14.7. The van der Waals surface area contributed by atoms with E-state index < -0.39 is 0 Å². The van der Waals surface area contributed by atoms with Crippen LogP contribution in [0.15, 0.2) is 23.2 Å². The summed E-state index contributed by atoms with van der Waals surface area (Å²) < 4.78 is 0. The van der Waals surface area contributed by atoms with Crippen molar-refractivity contribution in [2.24, 2.45) is 0 Å². The molecule has 0 aliphatic carbocycles. The normalized spacial score (nSPS) is 10.8. The molecule has 0 radical (unpaired) electrons. The van der Waals surface area contributed by atoms with E-state index in [4.69, 9.17) is 23.2 Å². The highest BCUT2D eigenvalue weighted by Crippen LogP contribution is 2.23. The Hall–Kier alpha value is 0.0200. The molecule has 0 saturated carbocycles. The maximum absolute atomic E-state index is 5.77. The predicted molar refractivity (Wildman–Crippen MR) is 54.4 cm³/mol. The quantitative estimate of drug-likeness (QED) is 0.696. The number of halogens is 3. The predicted octanol–water partition coefficient (Wildman–Crippen LogP) is 4.36. The van der Waals surface area contributed by atoms with Crippen molar-refractivity contribution in [3.63, 3.8) is 0 Å². The molecule has 0 saturated heterocycles. The van der Waals surface area contributed by atoms with Crippen molar-refractivity contribution in [1.29, 1.82) is 0 Å². The molecule has 1 aromatic rings. The summed E-state index contributed by atoms with van der Waals surface area (Å²) in [4.78, 5) is 1.77. The van der Waals surface area contributed by atoms with Gasteiger partial charge in [-0.3, -0.25) is 0 Å². The van der Waals surface area contributed by atoms with Crippen LogP contribution < -0.4 is 0 Å². The number of rotatable bonds is 1. The Labute approximate surface area is 83.9 Å². The van der Waals surface area contributed by atoms with E-state index in [1.54, 1.807) is 11.1 Å². The maximum atomic E-state index is 5.77. The molecular formula is C8H5BrCl2. The van der Waals surface area contributed by atoms with Gasteiger partial charge in [0.2, 0.25) is 0 Å². The van der Waals surface area contributed by atoms with Gasteiger partial charge in [-0.15, -0.1) is 0 Å². The molecule has 11 heavy (non-hydrogen) atoms. The van der Waals surface area contributed by atoms with Crippen LogP contribution in [-0.2, 0) is 0 Å². The Morgan fingerprint density at radius 3 is 2.45 bits per heavy atom. The van der Waals surface area contributed by atoms with Crippen LogP contribution in [0.5, 0.6) is 0 Å². The largest absolute Gasteiger partial charge is 0.0827 e. The first kappa shape index (κ1) is 9.11. The lowest BCUT2D eigenvalue weighted by molar-refractivity contribution is 1.66. The SMILES string of the molecule is Clc1ccc(/C=C/Br)cc1Cl. The summed E-state index contributed by atoms with van der Waals surface area (Å²) in [5.74, 6) is 0. The molecule has 0 unspecified atom stereocenters. The zero-order valence-electron chi connectivity index (χ0n) is 5.52. The molecule has 1 rings (SSSR count). The third kappa shape index (κ3) is 2.51. The Balaban J connectivity index is 3.05. The van der Waals surface area contributed by atoms with Gasteiger partial charge in [0.25, 0.3) is 0 Å². The first-order valence-electron chi connectivity index (χ1n) is 2.96. The fourth-order valence-electron chi connectivity index (χ4n) is 0.689. The molecule has 0 atom stereocenters. The molecule has 0 heterocycles. The van der Waals surface area contributed by atoms with Gasteiger partial charge in [-0.1, -0.05) is 45.2 Å². The Bertz CT molecular complexity index is 281. The van der Waals surface area contributed by atoms with E-state index in [2.05, 4.69) is 15.9 Å². The van der Waals surface area contributed by atoms with Gasteiger partial charge in [0.1, 0.15) is 0 Å². The fraction of sp³-hybridized carbons (Fsp3) is 0. The number of hydrogen-bond donors (Lipinski definition) is 0. The molecule has 0 amide bonds. The fourth-order valence-corrected chi connectivity index (χ4v) is 1.30. The second-order valence-electron chi connectivity index (χ2n) is 1.97. The molecule has 1 aromatic carbocycles. The lowest BCUT2D eigenvalue weighted by atomic mass is 10.2. The summed E-state index contributed by atoms with van der Waals surface area (Å²) in [5.41, 5.74) is 1.02. The van der Waals surface area contributed by atoms with Crippen molar-refractivity contribution in [2.75, 3.05) is 0 Å². The topological polar surface area (TPSA) is 0 Å². The smallest absolute Gasteiger partial charge is 0.0598 e. The van der Waals surface area contributed by atoms with E-state index in [9.17, 15) is 0 Å². The van der Waals surface area contributed by atoms with Crippen molar-refractivity contribution in [2.45, 2.75) is 0 Å². The van der Waals surface area contributed by atoms with Gasteiger partial charge in [-0.05, 0) is 28.8 Å². The van der Waals surface area contributed by atoms with Crippen molar-refractivity contribution in [1.82, 2.24) is 0 Å². The van der Waals surface area contributed by atoms with Gasteiger partial charge >= 0.3 is 0 Å². The van der Waals surface area contributed by atoms with E-state index in [0.717, 1.165) is 5.56 Å². The molecule has 0 aliphatic heterocycles. The molecule has 0 aliphatic rings. The summed E-state index contributed by atoms with van der Waals surface area (Å²) in [6, 6.07) is 5.47. The minimum atomic E-state index is 0.578. The summed E-state index contributed by atoms with van der Waals surface area (Å²) in [7, 11) is 0. The van der Waals surface area contributed by atoms with Crippen LogP contribution in [0.2, 0.25) is 10.0 Å². The third-order valence-electron chi connectivity index (χ3n) is 1.20. The Kier molecular flexibility index (Phi) is 3.44. The lowest BCUT2D eigenvalue weighted by Crippen LogP contribution is -1.72. The van der Waals surface area contributed by atoms with E-state index in [-0.39, 0.29) is 0 Å². The van der Waals surface area contributed by atoms with Gasteiger partial charge in [0, 0.05) is 0 Å². The monoisotopic (exact) mass is 250 g/mol. The molecule has 0 nitrogen and oxygen atoms in total. The lowest BCUT2D eigenvalue weighted by Gasteiger charge is -1.95. The van der Waals surface area contributed by atoms with Crippen LogP contribution in [0.3, 0.4) is 0 Å². The van der Waals surface area contributed by atoms with Crippen LogP contribution in [0, 0.1) is 0 Å². The van der Waals surface area contributed by atoms with Crippen molar-refractivity contribution >= 4 is 45.2 Å². The number of benzene rings is 1. The molecular weight excluding hydrogens is 247 g/mol. The number of hydrogen-bond acceptors (Lipinski definition) is 0. The van der Waals surface area contributed by atoms with Crippen LogP contribution in [0.25, 0.3) is 6.08 Å². The average Bonchev–Trinajstić information content (AvgIpc) is 1.98. The van der Waals surface area contributed by atoms with E-state index in [1.165, 1.54) is 0 Å². The molecule has 58 valence electrons. The zero-order valence-corrected chi connectivity index (χ0v) is 8.62. The molecule has 0 bridgehead atoms. The maximum Gasteiger partial charge on any atom is 0.0598 e. The van der Waals surface area contributed by atoms with Gasteiger partial charge in [0.05, 0.1) is 10.0 Å². The highest BCUT2D eigenvalue weighted by molar-refractivity contribution is 9.11. The molecule has 0 spiro atoms. The molecule has 0 fully saturated rings. The summed E-state index contributed by atoms with van der Waals surface area (Å²) in [5, 5.41) is 1.16. The van der Waals surface area contributed by atoms with Crippen molar-refractivity contribution < 1.29 is 0 Å². The van der Waals surface area contributed by atoms with Gasteiger partial charge < -0.3 is 0 Å². The highest BCUT2D eigenvalue weighted by Gasteiger charge is 1.95. The van der Waals surface area contributed by atoms with Crippen molar-refractivity contribution in [3.8, 4) is 0 Å². The standard InChI is InChI=1S/C8H5BrCl2/c9-4-3-6-1-2-7(10)8(11)5-6/h1-5H/b4-3+. The first-order valence-corrected chi connectivity index (χ1v) is 4.63. The van der Waals surface area contributed by atoms with Gasteiger partial charge in [0.15, 0.2) is 0 Å². The van der Waals surface area contributed by atoms with Crippen LogP contribution >= 0.6 is 39.1 Å². The second-order valence-corrected chi connectivity index (χ2v) is 3.31. The van der Waals surface area contributed by atoms with Gasteiger partial charge in [-0.2, -0.15) is 0 Å². The van der Waals surface area contributed by atoms with E-state index >= 15 is 0 Å². The van der Waals surface area contributed by atoms with Crippen molar-refractivity contribution in [3.05, 3.63) is 38.8 Å². The van der Waals surface area contributed by atoms with Crippen LogP contribution in [0.4, 0.5) is 0 Å². The summed E-state index contributed by atoms with van der Waals surface area (Å²) in [6.45, 7) is 0. The second kappa shape index (κ2) is 4.15. The minimum Gasteiger partial charge on any atom is -0.0827 e. The Morgan fingerprint density at radius 1 is 1.18 bits per heavy atom. The third-order valence-corrected chi connectivity index (χ3v) is 2.20. The Morgan fingerprint density at radius 2 is 1.91 bits per heavy atom. The molecule has 0 aromatic heterocycles.